The van der Waals surface area contributed by atoms with Gasteiger partial charge in [-0.15, -0.1) is 0 Å². The molecular weight excluding hydrogens is 206 g/mol. The number of imidazole rings is 1. The Balaban J connectivity index is 2.48. The van der Waals surface area contributed by atoms with Crippen molar-refractivity contribution in [3.63, 3.8) is 0 Å². The van der Waals surface area contributed by atoms with Crippen LogP contribution in [0.25, 0.3) is 11.2 Å². The lowest BCUT2D eigenvalue weighted by molar-refractivity contribution is 0.632. The number of nitriles is 1. The minimum atomic E-state index is -0.117. The summed E-state index contributed by atoms with van der Waals surface area (Å²) in [6.07, 6.45) is 4.14. The van der Waals surface area contributed by atoms with Gasteiger partial charge in [-0.05, 0) is 6.42 Å². The minimum absolute atomic E-state index is 0.117. The summed E-state index contributed by atoms with van der Waals surface area (Å²) < 4.78 is 3.09. The predicted molar refractivity (Wildman–Crippen MR) is 57.6 cm³/mol. The first-order valence-electron chi connectivity index (χ1n) is 4.98. The van der Waals surface area contributed by atoms with Crippen molar-refractivity contribution in [1.82, 2.24) is 19.1 Å². The van der Waals surface area contributed by atoms with Gasteiger partial charge in [0.25, 0.3) is 0 Å². The van der Waals surface area contributed by atoms with Gasteiger partial charge in [0.05, 0.1) is 12.3 Å². The molecule has 2 heterocycles. The molecule has 0 aromatic carbocycles. The summed E-state index contributed by atoms with van der Waals surface area (Å²) in [4.78, 5) is 19.8. The second-order valence-corrected chi connectivity index (χ2v) is 3.49. The fourth-order valence-corrected chi connectivity index (χ4v) is 1.67. The lowest BCUT2D eigenvalue weighted by Crippen LogP contribution is -2.22. The van der Waals surface area contributed by atoms with Crippen LogP contribution in [0.2, 0.25) is 0 Å². The maximum absolute atomic E-state index is 11.9. The van der Waals surface area contributed by atoms with Crippen molar-refractivity contribution < 1.29 is 0 Å². The summed E-state index contributed by atoms with van der Waals surface area (Å²) in [6.45, 7) is 0.525. The van der Waals surface area contributed by atoms with Crippen LogP contribution >= 0.6 is 0 Å². The van der Waals surface area contributed by atoms with Crippen LogP contribution in [0, 0.1) is 11.3 Å². The average molecular weight is 217 g/mol. The lowest BCUT2D eigenvalue weighted by atomic mass is 10.3. The van der Waals surface area contributed by atoms with Crippen LogP contribution in [0.5, 0.6) is 0 Å². The number of rotatable bonds is 3. The van der Waals surface area contributed by atoms with E-state index in [1.807, 2.05) is 0 Å². The number of fused-ring (bicyclic) bond motifs is 1. The van der Waals surface area contributed by atoms with E-state index >= 15 is 0 Å². The van der Waals surface area contributed by atoms with Gasteiger partial charge in [-0.3, -0.25) is 9.13 Å². The molecule has 6 heteroatoms. The van der Waals surface area contributed by atoms with E-state index in [0.29, 0.717) is 30.6 Å². The van der Waals surface area contributed by atoms with Gasteiger partial charge in [0.2, 0.25) is 0 Å². The highest BCUT2D eigenvalue weighted by atomic mass is 16.1. The van der Waals surface area contributed by atoms with E-state index < -0.39 is 0 Å². The van der Waals surface area contributed by atoms with Gasteiger partial charge in [-0.2, -0.15) is 5.26 Å². The summed E-state index contributed by atoms with van der Waals surface area (Å²) in [5.74, 6) is 0. The molecule has 0 saturated carbocycles. The van der Waals surface area contributed by atoms with Crippen molar-refractivity contribution in [3.8, 4) is 6.07 Å². The zero-order chi connectivity index (χ0) is 11.5. The molecule has 0 amide bonds. The van der Waals surface area contributed by atoms with Crippen LogP contribution < -0.4 is 5.69 Å². The minimum Gasteiger partial charge on any atom is -0.289 e. The van der Waals surface area contributed by atoms with E-state index in [9.17, 15) is 4.79 Å². The van der Waals surface area contributed by atoms with Gasteiger partial charge in [-0.25, -0.2) is 14.8 Å². The highest BCUT2D eigenvalue weighted by molar-refractivity contribution is 5.69. The van der Waals surface area contributed by atoms with Crippen LogP contribution in [-0.2, 0) is 13.6 Å². The molecule has 0 N–H and O–H groups in total. The quantitative estimate of drug-likeness (QED) is 0.699. The average Bonchev–Trinajstić information content (AvgIpc) is 2.55. The molecule has 0 aliphatic heterocycles. The molecule has 2 rings (SSSR count). The smallest absolute Gasteiger partial charge is 0.289 e. The fraction of sp³-hybridized carbons (Fsp3) is 0.400. The standard InChI is InChI=1S/C10H11N5O/c1-14-9-8(6-12-7-13-9)15(10(14)16)5-3-2-4-11/h6-7H,2-3,5H2,1H3. The summed E-state index contributed by atoms with van der Waals surface area (Å²) in [6, 6.07) is 2.06. The normalized spacial score (nSPS) is 10.5. The van der Waals surface area contributed by atoms with Crippen molar-refractivity contribution in [3.05, 3.63) is 23.0 Å². The molecule has 0 fully saturated rings. The van der Waals surface area contributed by atoms with Crippen molar-refractivity contribution in [2.24, 2.45) is 7.05 Å². The first-order valence-corrected chi connectivity index (χ1v) is 4.98. The zero-order valence-corrected chi connectivity index (χ0v) is 8.92. The molecule has 0 atom stereocenters. The second kappa shape index (κ2) is 4.14. The maximum Gasteiger partial charge on any atom is 0.330 e. The van der Waals surface area contributed by atoms with Gasteiger partial charge in [-0.1, -0.05) is 0 Å². The van der Waals surface area contributed by atoms with Crippen molar-refractivity contribution >= 4 is 11.2 Å². The van der Waals surface area contributed by atoms with Crippen LogP contribution in [0.1, 0.15) is 12.8 Å². The maximum atomic E-state index is 11.9. The Kier molecular flexibility index (Phi) is 2.68. The Bertz CT molecular complexity index is 604. The molecule has 0 radical (unpaired) electrons. The first kappa shape index (κ1) is 10.4. The van der Waals surface area contributed by atoms with E-state index in [1.165, 1.54) is 10.9 Å². The van der Waals surface area contributed by atoms with Crippen LogP contribution in [0.3, 0.4) is 0 Å². The Morgan fingerprint density at radius 3 is 3.12 bits per heavy atom. The van der Waals surface area contributed by atoms with Crippen molar-refractivity contribution in [2.45, 2.75) is 19.4 Å². The Morgan fingerprint density at radius 2 is 2.38 bits per heavy atom. The summed E-state index contributed by atoms with van der Waals surface area (Å²) in [7, 11) is 1.68. The van der Waals surface area contributed by atoms with Crippen molar-refractivity contribution in [1.29, 1.82) is 5.26 Å². The van der Waals surface area contributed by atoms with Gasteiger partial charge in [0, 0.05) is 20.0 Å². The number of aryl methyl sites for hydroxylation is 2. The molecule has 0 bridgehead atoms. The highest BCUT2D eigenvalue weighted by Crippen LogP contribution is 2.07. The monoisotopic (exact) mass is 217 g/mol. The largest absolute Gasteiger partial charge is 0.330 e. The van der Waals surface area contributed by atoms with E-state index in [-0.39, 0.29) is 5.69 Å². The van der Waals surface area contributed by atoms with Gasteiger partial charge < -0.3 is 0 Å². The zero-order valence-electron chi connectivity index (χ0n) is 8.92. The number of aromatic nitrogens is 4. The molecule has 0 aliphatic carbocycles. The van der Waals surface area contributed by atoms with Crippen LogP contribution in [-0.4, -0.2) is 19.1 Å². The highest BCUT2D eigenvalue weighted by Gasteiger charge is 2.10. The summed E-state index contributed by atoms with van der Waals surface area (Å²) >= 11 is 0. The van der Waals surface area contributed by atoms with Crippen molar-refractivity contribution in [2.75, 3.05) is 0 Å². The number of hydrogen-bond acceptors (Lipinski definition) is 4. The topological polar surface area (TPSA) is 76.5 Å². The molecule has 0 spiro atoms. The number of nitrogens with zero attached hydrogens (tertiary/aromatic N) is 5. The Morgan fingerprint density at radius 1 is 1.56 bits per heavy atom. The Hall–Kier alpha value is -2.16. The van der Waals surface area contributed by atoms with Gasteiger partial charge in [0.15, 0.2) is 5.65 Å². The van der Waals surface area contributed by atoms with Crippen LogP contribution in [0.4, 0.5) is 0 Å². The van der Waals surface area contributed by atoms with E-state index in [2.05, 4.69) is 16.0 Å². The molecule has 16 heavy (non-hydrogen) atoms. The SMILES string of the molecule is Cn1c(=O)n(CCCC#N)c2cncnc21. The van der Waals surface area contributed by atoms with Gasteiger partial charge >= 0.3 is 5.69 Å². The second-order valence-electron chi connectivity index (χ2n) is 3.49. The lowest BCUT2D eigenvalue weighted by Gasteiger charge is -1.98. The summed E-state index contributed by atoms with van der Waals surface area (Å²) in [5, 5.41) is 8.46. The molecular formula is C10H11N5O. The molecule has 6 nitrogen and oxygen atoms in total. The number of unbranched alkanes of at least 4 members (excludes halogenated alkanes) is 1. The molecule has 0 aliphatic rings. The first-order chi connectivity index (χ1) is 7.75. The fourth-order valence-electron chi connectivity index (χ4n) is 1.67. The molecule has 0 unspecified atom stereocenters. The third-order valence-corrected chi connectivity index (χ3v) is 2.47. The molecule has 0 saturated heterocycles. The Labute approximate surface area is 91.8 Å². The third-order valence-electron chi connectivity index (χ3n) is 2.47. The van der Waals surface area contributed by atoms with E-state index in [1.54, 1.807) is 17.8 Å². The van der Waals surface area contributed by atoms with E-state index in [4.69, 9.17) is 5.26 Å². The predicted octanol–water partition coefficient (Wildman–Crippen LogP) is 0.434. The van der Waals surface area contributed by atoms with Crippen LogP contribution in [0.15, 0.2) is 17.3 Å². The summed E-state index contributed by atoms with van der Waals surface area (Å²) in [5.41, 5.74) is 1.22. The van der Waals surface area contributed by atoms with E-state index in [0.717, 1.165) is 0 Å². The number of hydrogen-bond donors (Lipinski definition) is 0. The molecule has 2 aromatic rings. The molecule has 82 valence electrons. The molecule has 2 aromatic heterocycles. The van der Waals surface area contributed by atoms with Gasteiger partial charge in [0.1, 0.15) is 11.8 Å². The third kappa shape index (κ3) is 1.56.